The van der Waals surface area contributed by atoms with Crippen LogP contribution in [0, 0.1) is 11.8 Å². The summed E-state index contributed by atoms with van der Waals surface area (Å²) in [4.78, 5) is 14.2. The van der Waals surface area contributed by atoms with Gasteiger partial charge in [-0.3, -0.25) is 0 Å². The summed E-state index contributed by atoms with van der Waals surface area (Å²) in [5, 5.41) is 3.14. The highest BCUT2D eigenvalue weighted by atomic mass is 16.2. The third kappa shape index (κ3) is 6.27. The van der Waals surface area contributed by atoms with Gasteiger partial charge in [0, 0.05) is 19.1 Å². The first-order valence-corrected chi connectivity index (χ1v) is 7.58. The average molecular weight is 254 g/mol. The molecule has 1 aliphatic rings. The second-order valence-corrected chi connectivity index (χ2v) is 6.21. The summed E-state index contributed by atoms with van der Waals surface area (Å²) < 4.78 is 0. The number of nitrogens with zero attached hydrogens (tertiary/aromatic N) is 1. The molecule has 3 nitrogen and oxygen atoms in total. The van der Waals surface area contributed by atoms with Gasteiger partial charge >= 0.3 is 6.03 Å². The predicted octanol–water partition coefficient (Wildman–Crippen LogP) is 3.64. The largest absolute Gasteiger partial charge is 0.336 e. The van der Waals surface area contributed by atoms with Gasteiger partial charge in [-0.1, -0.05) is 20.8 Å². The van der Waals surface area contributed by atoms with Crippen molar-refractivity contribution in [3.05, 3.63) is 0 Å². The van der Waals surface area contributed by atoms with Crippen molar-refractivity contribution >= 4 is 6.03 Å². The van der Waals surface area contributed by atoms with E-state index in [2.05, 4.69) is 33.0 Å². The summed E-state index contributed by atoms with van der Waals surface area (Å²) in [5.41, 5.74) is 0. The van der Waals surface area contributed by atoms with Gasteiger partial charge in [-0.05, 0) is 50.9 Å². The van der Waals surface area contributed by atoms with E-state index >= 15 is 0 Å². The third-order valence-electron chi connectivity index (χ3n) is 3.50. The van der Waals surface area contributed by atoms with Crippen LogP contribution in [0.4, 0.5) is 4.79 Å². The second-order valence-electron chi connectivity index (χ2n) is 6.21. The molecule has 0 bridgehead atoms. The number of carbonyl (C=O) groups is 1. The number of urea groups is 1. The molecule has 0 spiro atoms. The van der Waals surface area contributed by atoms with E-state index in [1.165, 1.54) is 19.3 Å². The lowest BCUT2D eigenvalue weighted by Gasteiger charge is -2.25. The molecule has 0 aromatic heterocycles. The Morgan fingerprint density at radius 1 is 1.28 bits per heavy atom. The van der Waals surface area contributed by atoms with Crippen molar-refractivity contribution in [2.24, 2.45) is 11.8 Å². The molecule has 0 heterocycles. The number of carbonyl (C=O) groups excluding carboxylic acids is 1. The molecule has 18 heavy (non-hydrogen) atoms. The molecule has 0 radical (unpaired) electrons. The molecule has 1 saturated carbocycles. The van der Waals surface area contributed by atoms with E-state index in [4.69, 9.17) is 0 Å². The van der Waals surface area contributed by atoms with Gasteiger partial charge in [-0.2, -0.15) is 0 Å². The maximum Gasteiger partial charge on any atom is 0.317 e. The lowest BCUT2D eigenvalue weighted by atomic mass is 10.0. The highest BCUT2D eigenvalue weighted by Gasteiger charge is 2.26. The number of rotatable bonds is 8. The van der Waals surface area contributed by atoms with Gasteiger partial charge < -0.3 is 10.2 Å². The van der Waals surface area contributed by atoms with E-state index < -0.39 is 0 Å². The molecule has 0 saturated heterocycles. The van der Waals surface area contributed by atoms with Crippen molar-refractivity contribution in [3.63, 3.8) is 0 Å². The Hall–Kier alpha value is -0.730. The summed E-state index contributed by atoms with van der Waals surface area (Å²) in [7, 11) is 0. The zero-order valence-corrected chi connectivity index (χ0v) is 12.5. The fourth-order valence-electron chi connectivity index (χ4n) is 2.12. The first kappa shape index (κ1) is 15.3. The van der Waals surface area contributed by atoms with Crippen LogP contribution in [0.1, 0.15) is 59.8 Å². The Labute approximate surface area is 112 Å². The SMILES string of the molecule is CCCN(CC1CC1)C(=O)NC(C)CCC(C)C. The van der Waals surface area contributed by atoms with Crippen LogP contribution in [0.5, 0.6) is 0 Å². The summed E-state index contributed by atoms with van der Waals surface area (Å²) in [6.07, 6.45) is 5.90. The van der Waals surface area contributed by atoms with Crippen molar-refractivity contribution in [3.8, 4) is 0 Å². The normalized spacial score (nSPS) is 16.7. The number of nitrogens with one attached hydrogen (secondary N) is 1. The van der Waals surface area contributed by atoms with E-state index in [0.29, 0.717) is 12.0 Å². The number of amides is 2. The van der Waals surface area contributed by atoms with E-state index in [0.717, 1.165) is 31.8 Å². The van der Waals surface area contributed by atoms with Crippen LogP contribution >= 0.6 is 0 Å². The van der Waals surface area contributed by atoms with Crippen LogP contribution < -0.4 is 5.32 Å². The minimum Gasteiger partial charge on any atom is -0.336 e. The zero-order chi connectivity index (χ0) is 13.5. The monoisotopic (exact) mass is 254 g/mol. The summed E-state index contributed by atoms with van der Waals surface area (Å²) in [5.74, 6) is 1.48. The summed E-state index contributed by atoms with van der Waals surface area (Å²) >= 11 is 0. The van der Waals surface area contributed by atoms with Crippen molar-refractivity contribution in [1.82, 2.24) is 10.2 Å². The van der Waals surface area contributed by atoms with E-state index in [1.807, 2.05) is 4.90 Å². The van der Waals surface area contributed by atoms with Crippen LogP contribution in [-0.4, -0.2) is 30.1 Å². The minimum absolute atomic E-state index is 0.139. The lowest BCUT2D eigenvalue weighted by molar-refractivity contribution is 0.191. The highest BCUT2D eigenvalue weighted by Crippen LogP contribution is 2.29. The zero-order valence-electron chi connectivity index (χ0n) is 12.5. The van der Waals surface area contributed by atoms with Gasteiger partial charge in [-0.15, -0.1) is 0 Å². The quantitative estimate of drug-likeness (QED) is 0.704. The first-order chi connectivity index (χ1) is 8.52. The van der Waals surface area contributed by atoms with Crippen LogP contribution in [0.25, 0.3) is 0 Å². The predicted molar refractivity (Wildman–Crippen MR) is 76.7 cm³/mol. The summed E-state index contributed by atoms with van der Waals surface area (Å²) in [6.45, 7) is 10.5. The lowest BCUT2D eigenvalue weighted by Crippen LogP contribution is -2.45. The van der Waals surface area contributed by atoms with Gasteiger partial charge in [-0.25, -0.2) is 4.79 Å². The van der Waals surface area contributed by atoms with Crippen molar-refractivity contribution in [2.45, 2.75) is 65.8 Å². The Morgan fingerprint density at radius 3 is 2.44 bits per heavy atom. The Morgan fingerprint density at radius 2 is 1.94 bits per heavy atom. The molecular formula is C15H30N2O. The van der Waals surface area contributed by atoms with E-state index in [1.54, 1.807) is 0 Å². The van der Waals surface area contributed by atoms with Crippen LogP contribution in [0.15, 0.2) is 0 Å². The molecule has 1 aliphatic carbocycles. The Kier molecular flexibility index (Phi) is 6.51. The topological polar surface area (TPSA) is 32.3 Å². The molecule has 0 aromatic carbocycles. The van der Waals surface area contributed by atoms with Gasteiger partial charge in [0.1, 0.15) is 0 Å². The standard InChI is InChI=1S/C15H30N2O/c1-5-10-17(11-14-8-9-14)15(18)16-13(4)7-6-12(2)3/h12-14H,5-11H2,1-4H3,(H,16,18). The van der Waals surface area contributed by atoms with Crippen molar-refractivity contribution in [1.29, 1.82) is 0 Å². The van der Waals surface area contributed by atoms with Crippen LogP contribution in [-0.2, 0) is 0 Å². The van der Waals surface area contributed by atoms with Gasteiger partial charge in [0.25, 0.3) is 0 Å². The number of hydrogen-bond donors (Lipinski definition) is 1. The minimum atomic E-state index is 0.139. The number of hydrogen-bond acceptors (Lipinski definition) is 1. The smallest absolute Gasteiger partial charge is 0.317 e. The maximum absolute atomic E-state index is 12.2. The molecule has 0 aromatic rings. The molecule has 3 heteroatoms. The molecule has 1 fully saturated rings. The third-order valence-corrected chi connectivity index (χ3v) is 3.50. The fraction of sp³-hybridized carbons (Fsp3) is 0.933. The summed E-state index contributed by atoms with van der Waals surface area (Å²) in [6, 6.07) is 0.429. The molecule has 1 rings (SSSR count). The highest BCUT2D eigenvalue weighted by molar-refractivity contribution is 5.74. The molecule has 106 valence electrons. The first-order valence-electron chi connectivity index (χ1n) is 7.58. The molecule has 0 aliphatic heterocycles. The van der Waals surface area contributed by atoms with E-state index in [-0.39, 0.29) is 6.03 Å². The average Bonchev–Trinajstić information content (AvgIpc) is 3.09. The Bertz CT molecular complexity index is 249. The molecule has 1 unspecified atom stereocenters. The van der Waals surface area contributed by atoms with E-state index in [9.17, 15) is 4.79 Å². The fourth-order valence-corrected chi connectivity index (χ4v) is 2.12. The van der Waals surface area contributed by atoms with Crippen molar-refractivity contribution in [2.75, 3.05) is 13.1 Å². The van der Waals surface area contributed by atoms with Gasteiger partial charge in [0.2, 0.25) is 0 Å². The Balaban J connectivity index is 2.29. The maximum atomic E-state index is 12.2. The van der Waals surface area contributed by atoms with Crippen molar-refractivity contribution < 1.29 is 4.79 Å². The van der Waals surface area contributed by atoms with Gasteiger partial charge in [0.05, 0.1) is 0 Å². The van der Waals surface area contributed by atoms with Gasteiger partial charge in [0.15, 0.2) is 0 Å². The molecule has 2 amide bonds. The second kappa shape index (κ2) is 7.65. The van der Waals surface area contributed by atoms with Crippen LogP contribution in [0.2, 0.25) is 0 Å². The molecule has 1 N–H and O–H groups in total. The van der Waals surface area contributed by atoms with Crippen LogP contribution in [0.3, 0.4) is 0 Å². The molecule has 1 atom stereocenters. The molecular weight excluding hydrogens is 224 g/mol.